The van der Waals surface area contributed by atoms with Crippen molar-refractivity contribution in [2.24, 2.45) is 0 Å². The minimum Gasteiger partial charge on any atom is -0.495 e. The topological polar surface area (TPSA) is 102 Å². The molecule has 1 amide bonds. The normalized spacial score (nSPS) is 11.3. The third kappa shape index (κ3) is 5.48. The second kappa shape index (κ2) is 10.0. The van der Waals surface area contributed by atoms with Gasteiger partial charge in [0.15, 0.2) is 5.78 Å². The first kappa shape index (κ1) is 22.9. The van der Waals surface area contributed by atoms with Crippen molar-refractivity contribution in [3.8, 4) is 5.75 Å². The molecule has 0 spiro atoms. The lowest BCUT2D eigenvalue weighted by molar-refractivity contribution is -0.111. The Kier molecular flexibility index (Phi) is 7.19. The van der Waals surface area contributed by atoms with Crippen molar-refractivity contribution >= 4 is 33.5 Å². The van der Waals surface area contributed by atoms with Crippen LogP contribution >= 0.6 is 0 Å². The molecule has 32 heavy (non-hydrogen) atoms. The number of methoxy groups -OCH3 is 1. The highest BCUT2D eigenvalue weighted by Crippen LogP contribution is 2.25. The highest BCUT2D eigenvalue weighted by atomic mass is 32.2. The van der Waals surface area contributed by atoms with Crippen LogP contribution in [0.3, 0.4) is 0 Å². The average Bonchev–Trinajstić information content (AvgIpc) is 2.82. The van der Waals surface area contributed by atoms with Gasteiger partial charge in [0.25, 0.3) is 0 Å². The van der Waals surface area contributed by atoms with Crippen molar-refractivity contribution in [3.05, 3.63) is 95.6 Å². The Bertz CT molecular complexity index is 1270. The highest BCUT2D eigenvalue weighted by molar-refractivity contribution is 7.89. The largest absolute Gasteiger partial charge is 0.495 e. The zero-order chi connectivity index (χ0) is 23.1. The molecule has 0 heterocycles. The third-order valence-electron chi connectivity index (χ3n) is 4.60. The number of hydrogen-bond donors (Lipinski definition) is 2. The van der Waals surface area contributed by atoms with Crippen molar-refractivity contribution in [2.45, 2.75) is 4.90 Å². The van der Waals surface area contributed by atoms with E-state index >= 15 is 0 Å². The number of sulfonamides is 1. The summed E-state index contributed by atoms with van der Waals surface area (Å²) < 4.78 is 31.7. The van der Waals surface area contributed by atoms with Crippen molar-refractivity contribution in [2.75, 3.05) is 19.5 Å². The number of carbonyl (C=O) groups is 2. The Balaban J connectivity index is 1.75. The molecule has 0 fully saturated rings. The van der Waals surface area contributed by atoms with Crippen LogP contribution in [0.4, 0.5) is 5.69 Å². The molecule has 0 aromatic heterocycles. The van der Waals surface area contributed by atoms with Gasteiger partial charge in [0.05, 0.1) is 7.11 Å². The van der Waals surface area contributed by atoms with Crippen LogP contribution in [0, 0.1) is 0 Å². The Labute approximate surface area is 186 Å². The lowest BCUT2D eigenvalue weighted by Gasteiger charge is -2.09. The molecule has 0 atom stereocenters. The van der Waals surface area contributed by atoms with Gasteiger partial charge in [-0.2, -0.15) is 0 Å². The fraction of sp³-hybridized carbons (Fsp3) is 0.0833. The fourth-order valence-electron chi connectivity index (χ4n) is 2.97. The molecule has 0 aliphatic heterocycles. The summed E-state index contributed by atoms with van der Waals surface area (Å²) >= 11 is 0. The Morgan fingerprint density at radius 3 is 2.31 bits per heavy atom. The van der Waals surface area contributed by atoms with Crippen LogP contribution in [0.1, 0.15) is 21.5 Å². The molecule has 7 nitrogen and oxygen atoms in total. The second-order valence-corrected chi connectivity index (χ2v) is 8.57. The number of benzene rings is 3. The number of rotatable bonds is 8. The molecule has 0 saturated heterocycles. The molecule has 0 aliphatic carbocycles. The summed E-state index contributed by atoms with van der Waals surface area (Å²) in [5.74, 6) is -0.377. The van der Waals surface area contributed by atoms with E-state index in [4.69, 9.17) is 4.74 Å². The second-order valence-electron chi connectivity index (χ2n) is 6.72. The van der Waals surface area contributed by atoms with Crippen LogP contribution in [0.25, 0.3) is 6.08 Å². The first-order valence-electron chi connectivity index (χ1n) is 9.64. The number of hydrogen-bond acceptors (Lipinski definition) is 5. The predicted molar refractivity (Wildman–Crippen MR) is 123 cm³/mol. The summed E-state index contributed by atoms with van der Waals surface area (Å²) in [6.45, 7) is 0. The maximum absolute atomic E-state index is 12.6. The lowest BCUT2D eigenvalue weighted by Crippen LogP contribution is -2.19. The molecule has 3 aromatic rings. The van der Waals surface area contributed by atoms with Crippen LogP contribution in [0.2, 0.25) is 0 Å². The summed E-state index contributed by atoms with van der Waals surface area (Å²) in [6, 6.07) is 20.1. The summed E-state index contributed by atoms with van der Waals surface area (Å²) in [5, 5.41) is 2.70. The van der Waals surface area contributed by atoms with E-state index in [-0.39, 0.29) is 16.4 Å². The van der Waals surface area contributed by atoms with Gasteiger partial charge in [0, 0.05) is 22.9 Å². The van der Waals surface area contributed by atoms with E-state index < -0.39 is 15.9 Å². The SMILES string of the molecule is CNS(=O)(=O)c1cc(/C=C/C(=O)Nc2cccc(C(=O)c3ccccc3)c2)ccc1OC. The summed E-state index contributed by atoms with van der Waals surface area (Å²) in [5.41, 5.74) is 1.98. The van der Waals surface area contributed by atoms with E-state index in [1.54, 1.807) is 54.6 Å². The highest BCUT2D eigenvalue weighted by Gasteiger charge is 2.17. The molecular formula is C24H22N2O5S. The van der Waals surface area contributed by atoms with E-state index in [9.17, 15) is 18.0 Å². The number of anilines is 1. The number of carbonyl (C=O) groups excluding carboxylic acids is 2. The van der Waals surface area contributed by atoms with Crippen LogP contribution in [0.15, 0.2) is 83.8 Å². The lowest BCUT2D eigenvalue weighted by atomic mass is 10.0. The Morgan fingerprint density at radius 1 is 0.906 bits per heavy atom. The maximum atomic E-state index is 12.6. The first-order chi connectivity index (χ1) is 15.3. The fourth-order valence-corrected chi connectivity index (χ4v) is 3.89. The predicted octanol–water partition coefficient (Wildman–Crippen LogP) is 3.49. The van der Waals surface area contributed by atoms with Crippen molar-refractivity contribution < 1.29 is 22.7 Å². The van der Waals surface area contributed by atoms with Gasteiger partial charge in [-0.3, -0.25) is 9.59 Å². The molecule has 0 radical (unpaired) electrons. The van der Waals surface area contributed by atoms with E-state index in [0.717, 1.165) is 0 Å². The molecule has 0 bridgehead atoms. The first-order valence-corrected chi connectivity index (χ1v) is 11.1. The van der Waals surface area contributed by atoms with Gasteiger partial charge in [-0.05, 0) is 43.0 Å². The molecule has 0 saturated carbocycles. The molecule has 0 aliphatic rings. The number of nitrogens with one attached hydrogen (secondary N) is 2. The molecule has 8 heteroatoms. The molecule has 0 unspecified atom stereocenters. The van der Waals surface area contributed by atoms with Gasteiger partial charge in [0.2, 0.25) is 15.9 Å². The summed E-state index contributed by atoms with van der Waals surface area (Å²) in [7, 11) is -1.04. The standard InChI is InChI=1S/C24H22N2O5S/c1-25-32(29,30)22-15-17(11-13-21(22)31-2)12-14-23(27)26-20-10-6-9-19(16-20)24(28)18-7-4-3-5-8-18/h3-16,25H,1-2H3,(H,26,27)/b14-12+. The Morgan fingerprint density at radius 2 is 1.62 bits per heavy atom. The minimum atomic E-state index is -3.73. The number of ether oxygens (including phenoxy) is 1. The monoisotopic (exact) mass is 450 g/mol. The number of amides is 1. The molecule has 164 valence electrons. The summed E-state index contributed by atoms with van der Waals surface area (Å²) in [4.78, 5) is 24.9. The summed E-state index contributed by atoms with van der Waals surface area (Å²) in [6.07, 6.45) is 2.77. The van der Waals surface area contributed by atoms with Crippen molar-refractivity contribution in [1.82, 2.24) is 4.72 Å². The minimum absolute atomic E-state index is 0.0304. The zero-order valence-corrected chi connectivity index (χ0v) is 18.3. The van der Waals surface area contributed by atoms with Crippen LogP contribution in [0.5, 0.6) is 5.75 Å². The Hall–Kier alpha value is -3.75. The quantitative estimate of drug-likeness (QED) is 0.404. The van der Waals surface area contributed by atoms with Gasteiger partial charge in [-0.1, -0.05) is 48.5 Å². The molecule has 3 aromatic carbocycles. The molecular weight excluding hydrogens is 428 g/mol. The van der Waals surface area contributed by atoms with Gasteiger partial charge in [-0.25, -0.2) is 13.1 Å². The van der Waals surface area contributed by atoms with Crippen LogP contribution in [-0.2, 0) is 14.8 Å². The third-order valence-corrected chi connectivity index (χ3v) is 6.04. The molecule has 2 N–H and O–H groups in total. The number of ketones is 1. The van der Waals surface area contributed by atoms with Gasteiger partial charge in [0.1, 0.15) is 10.6 Å². The average molecular weight is 451 g/mol. The van der Waals surface area contributed by atoms with Gasteiger partial charge < -0.3 is 10.1 Å². The van der Waals surface area contributed by atoms with E-state index in [1.165, 1.54) is 38.4 Å². The van der Waals surface area contributed by atoms with Crippen LogP contribution < -0.4 is 14.8 Å². The zero-order valence-electron chi connectivity index (χ0n) is 17.5. The van der Waals surface area contributed by atoms with E-state index in [1.807, 2.05) is 6.07 Å². The smallest absolute Gasteiger partial charge is 0.248 e. The maximum Gasteiger partial charge on any atom is 0.248 e. The van der Waals surface area contributed by atoms with Crippen LogP contribution in [-0.4, -0.2) is 34.3 Å². The van der Waals surface area contributed by atoms with E-state index in [2.05, 4.69) is 10.0 Å². The van der Waals surface area contributed by atoms with Crippen molar-refractivity contribution in [3.63, 3.8) is 0 Å². The van der Waals surface area contributed by atoms with Crippen molar-refractivity contribution in [1.29, 1.82) is 0 Å². The molecule has 3 rings (SSSR count). The van der Waals surface area contributed by atoms with E-state index in [0.29, 0.717) is 22.4 Å². The van der Waals surface area contributed by atoms with Gasteiger partial charge >= 0.3 is 0 Å². The van der Waals surface area contributed by atoms with Gasteiger partial charge in [-0.15, -0.1) is 0 Å².